The Bertz CT molecular complexity index is 1900. The maximum absolute atomic E-state index is 14.5. The van der Waals surface area contributed by atoms with Gasteiger partial charge in [0, 0.05) is 23.0 Å². The minimum absolute atomic E-state index is 0. The van der Waals surface area contributed by atoms with E-state index in [0.29, 0.717) is 45.2 Å². The van der Waals surface area contributed by atoms with Crippen LogP contribution in [0.1, 0.15) is 94.6 Å². The van der Waals surface area contributed by atoms with Gasteiger partial charge in [0.1, 0.15) is 17.3 Å². The standard InChI is InChI=1S/C35H38N4O4.Mg/c1-9-12-22-18(6)28-15-25-17(5)21(11-3)26(37-25)13-23-16(4)20(10-2)27(36-23)14-24-19(7)29-32(38-24)30(33(22)39(28)42)31(34(29)40)35(41)43-8;/h11,13-15,18,22,31,39H,3,9-10,12H2,1-2,4-8H3,(H,38,40);/q-2;+2/p-1/b23-13-,27-14-,28-15-,33-30-;/t18-,22-,31+;/m0./s1. The van der Waals surface area contributed by atoms with Gasteiger partial charge in [0.05, 0.1) is 7.11 Å². The van der Waals surface area contributed by atoms with Gasteiger partial charge in [-0.25, -0.2) is 0 Å². The molecule has 8 nitrogen and oxygen atoms in total. The molecule has 3 aliphatic rings. The Morgan fingerprint density at radius 2 is 1.70 bits per heavy atom. The molecule has 0 spiro atoms. The second-order valence-corrected chi connectivity index (χ2v) is 11.9. The van der Waals surface area contributed by atoms with Gasteiger partial charge >= 0.3 is 29.0 Å². The SMILES string of the molecule is C=Cc1c2[n-]c(c1C)/C=C1/[C@@H](C)[C@H](CCC)/C(=C3/c4[n-]c(c(C)c4C(=O)[C@@H]3C(=O)OC)/C=c3\[n-]/c(c(C)c3CC)=C\2)[NH+]1[O-].[Mg+2]. The van der Waals surface area contributed by atoms with E-state index < -0.39 is 11.9 Å². The summed E-state index contributed by atoms with van der Waals surface area (Å²) in [5.74, 6) is -2.59. The van der Waals surface area contributed by atoms with Gasteiger partial charge in [0.2, 0.25) is 0 Å². The monoisotopic (exact) mass is 601 g/mol. The number of methoxy groups -OCH3 is 1. The minimum atomic E-state index is -1.22. The summed E-state index contributed by atoms with van der Waals surface area (Å²) in [6.45, 7) is 16.2. The number of aromatic nitrogens is 3. The molecule has 0 radical (unpaired) electrons. The van der Waals surface area contributed by atoms with Crippen molar-refractivity contribution in [3.63, 3.8) is 0 Å². The normalized spacial score (nSPS) is 26.3. The average Bonchev–Trinajstić information content (AvgIpc) is 3.70. The van der Waals surface area contributed by atoms with Crippen molar-refractivity contribution >= 4 is 64.7 Å². The number of carbonyl (C=O) groups excluding carboxylic acids is 2. The summed E-state index contributed by atoms with van der Waals surface area (Å²) in [4.78, 5) is 42.2. The van der Waals surface area contributed by atoms with E-state index in [9.17, 15) is 14.8 Å². The van der Waals surface area contributed by atoms with E-state index in [-0.39, 0.29) is 45.7 Å². The number of carbonyl (C=O) groups is 2. The maximum atomic E-state index is 14.5. The number of hydroxylamine groups is 2. The molecule has 0 amide bonds. The molecule has 2 aliphatic heterocycles. The summed E-state index contributed by atoms with van der Waals surface area (Å²) >= 11 is 0. The van der Waals surface area contributed by atoms with E-state index >= 15 is 0 Å². The van der Waals surface area contributed by atoms with Crippen LogP contribution in [0.5, 0.6) is 0 Å². The van der Waals surface area contributed by atoms with Gasteiger partial charge in [0.25, 0.3) is 0 Å². The fourth-order valence-electron chi connectivity index (χ4n) is 7.31. The Kier molecular flexibility index (Phi) is 8.63. The largest absolute Gasteiger partial charge is 2.00 e. The smallest absolute Gasteiger partial charge is 0.657 e. The van der Waals surface area contributed by atoms with Crippen LogP contribution < -0.4 is 30.7 Å². The van der Waals surface area contributed by atoms with Crippen molar-refractivity contribution in [3.8, 4) is 0 Å². The van der Waals surface area contributed by atoms with Gasteiger partial charge < -0.3 is 30.0 Å². The van der Waals surface area contributed by atoms with Crippen molar-refractivity contribution in [1.82, 2.24) is 15.0 Å². The first-order chi connectivity index (χ1) is 20.6. The van der Waals surface area contributed by atoms with Gasteiger partial charge in [-0.3, -0.25) is 9.59 Å². The third-order valence-electron chi connectivity index (χ3n) is 9.67. The van der Waals surface area contributed by atoms with Crippen LogP contribution in [0, 0.1) is 43.7 Å². The van der Waals surface area contributed by atoms with Crippen LogP contribution in [0.2, 0.25) is 0 Å². The topological polar surface area (TPSA) is 113 Å². The van der Waals surface area contributed by atoms with Crippen molar-refractivity contribution in [2.75, 3.05) is 7.11 Å². The van der Waals surface area contributed by atoms with Gasteiger partial charge in [-0.05, 0) is 45.3 Å². The summed E-state index contributed by atoms with van der Waals surface area (Å²) in [6.07, 6.45) is 9.92. The zero-order valence-electron chi connectivity index (χ0n) is 26.6. The molecule has 1 saturated heterocycles. The molecular formula is C35H37MgN4O4-. The zero-order chi connectivity index (χ0) is 30.9. The Balaban J connectivity index is 0.00000384. The molecular weight excluding hydrogens is 565 g/mol. The van der Waals surface area contributed by atoms with Crippen molar-refractivity contribution in [2.24, 2.45) is 17.8 Å². The fourth-order valence-corrected chi connectivity index (χ4v) is 7.31. The van der Waals surface area contributed by atoms with Crippen LogP contribution in [0.15, 0.2) is 18.0 Å². The maximum Gasteiger partial charge on any atom is 2.00 e. The predicted molar refractivity (Wildman–Crippen MR) is 172 cm³/mol. The molecule has 1 fully saturated rings. The van der Waals surface area contributed by atoms with Gasteiger partial charge in [-0.1, -0.05) is 74.3 Å². The molecule has 1 unspecified atom stereocenters. The number of Topliss-reactive ketones (excluding diaryl/α,β-unsaturated/α-hetero) is 1. The van der Waals surface area contributed by atoms with Crippen LogP contribution in [-0.4, -0.2) is 41.9 Å². The Hall–Kier alpha value is -3.37. The molecule has 3 aromatic rings. The van der Waals surface area contributed by atoms with E-state index in [0.717, 1.165) is 57.9 Å². The van der Waals surface area contributed by atoms with E-state index in [1.54, 1.807) is 6.08 Å². The van der Waals surface area contributed by atoms with Crippen LogP contribution >= 0.6 is 0 Å². The molecule has 6 rings (SSSR count). The molecule has 3 aromatic heterocycles. The second-order valence-electron chi connectivity index (χ2n) is 11.9. The quantitative estimate of drug-likeness (QED) is 0.207. The Labute approximate surface area is 273 Å². The van der Waals surface area contributed by atoms with E-state index in [4.69, 9.17) is 19.7 Å². The van der Waals surface area contributed by atoms with Crippen molar-refractivity contribution in [1.29, 1.82) is 0 Å². The van der Waals surface area contributed by atoms with Crippen molar-refractivity contribution in [3.05, 3.63) is 90.0 Å². The third-order valence-corrected chi connectivity index (χ3v) is 9.67. The number of rotatable bonds is 5. The zero-order valence-corrected chi connectivity index (χ0v) is 28.0. The Morgan fingerprint density at radius 1 is 1.02 bits per heavy atom. The van der Waals surface area contributed by atoms with Crippen molar-refractivity contribution < 1.29 is 19.4 Å². The van der Waals surface area contributed by atoms with E-state index in [1.165, 1.54) is 7.11 Å². The molecule has 224 valence electrons. The van der Waals surface area contributed by atoms with Gasteiger partial charge in [-0.15, -0.1) is 33.5 Å². The van der Waals surface area contributed by atoms with E-state index in [1.807, 2.05) is 39.0 Å². The molecule has 9 heteroatoms. The Morgan fingerprint density at radius 3 is 2.34 bits per heavy atom. The minimum Gasteiger partial charge on any atom is -0.657 e. The average molecular weight is 602 g/mol. The summed E-state index contributed by atoms with van der Waals surface area (Å²) < 4.78 is 5.14. The van der Waals surface area contributed by atoms with Gasteiger partial charge in [0.15, 0.2) is 5.78 Å². The number of allylic oxidation sites excluding steroid dienone is 2. The van der Waals surface area contributed by atoms with Crippen LogP contribution in [0.4, 0.5) is 0 Å². The van der Waals surface area contributed by atoms with Crippen molar-refractivity contribution in [2.45, 2.75) is 60.8 Å². The molecule has 5 heterocycles. The number of quaternary nitrogens is 1. The first-order valence-corrected chi connectivity index (χ1v) is 15.0. The van der Waals surface area contributed by atoms with Gasteiger partial charge in [-0.2, -0.15) is 0 Å². The molecule has 4 atom stereocenters. The van der Waals surface area contributed by atoms with Crippen LogP contribution in [0.25, 0.3) is 29.9 Å². The summed E-state index contributed by atoms with van der Waals surface area (Å²) in [7, 11) is 1.27. The molecule has 44 heavy (non-hydrogen) atoms. The number of fused-ring (bicyclic) bond motifs is 7. The summed E-state index contributed by atoms with van der Waals surface area (Å²) in [6, 6.07) is 0. The van der Waals surface area contributed by atoms with Crippen LogP contribution in [0.3, 0.4) is 0 Å². The van der Waals surface area contributed by atoms with E-state index in [2.05, 4.69) is 27.4 Å². The fraction of sp³-hybridized carbons (Fsp3) is 0.371. The third kappa shape index (κ3) is 4.55. The van der Waals surface area contributed by atoms with Crippen LogP contribution in [-0.2, 0) is 16.0 Å². The summed E-state index contributed by atoms with van der Waals surface area (Å²) in [5, 5.41) is 15.9. The number of nitrogens with zero attached hydrogens (tertiary/aromatic N) is 3. The number of nitrogens with one attached hydrogen (secondary N) is 1. The molecule has 0 saturated carbocycles. The molecule has 8 bridgehead atoms. The predicted octanol–water partition coefficient (Wildman–Crippen LogP) is 2.47. The summed E-state index contributed by atoms with van der Waals surface area (Å²) in [5.41, 5.74) is 9.05. The first-order valence-electron chi connectivity index (χ1n) is 15.0. The first kappa shape index (κ1) is 32.0. The number of hydrogen-bond donors (Lipinski definition) is 1. The molecule has 0 aromatic carbocycles. The molecule has 1 N–H and O–H groups in total. The molecule has 1 aliphatic carbocycles. The second kappa shape index (κ2) is 11.9. The number of hydrogen-bond acceptors (Lipinski definition) is 4. The number of ketones is 1. The number of esters is 1. The number of ether oxygens (including phenoxy) is 1.